The van der Waals surface area contributed by atoms with Crippen molar-refractivity contribution in [3.05, 3.63) is 21.4 Å². The van der Waals surface area contributed by atoms with Gasteiger partial charge in [-0.3, -0.25) is 9.59 Å². The smallest absolute Gasteiger partial charge is 0.303 e. The van der Waals surface area contributed by atoms with Crippen LogP contribution in [-0.2, 0) is 4.79 Å². The van der Waals surface area contributed by atoms with Crippen LogP contribution in [0, 0.1) is 13.8 Å². The third-order valence-electron chi connectivity index (χ3n) is 2.75. The Balaban J connectivity index is 2.58. The highest BCUT2D eigenvalue weighted by molar-refractivity contribution is 7.10. The van der Waals surface area contributed by atoms with Crippen molar-refractivity contribution in [1.82, 2.24) is 4.90 Å². The van der Waals surface area contributed by atoms with Gasteiger partial charge in [0, 0.05) is 30.3 Å². The van der Waals surface area contributed by atoms with Gasteiger partial charge in [-0.1, -0.05) is 0 Å². The van der Waals surface area contributed by atoms with Gasteiger partial charge in [0.15, 0.2) is 0 Å². The molecule has 1 amide bonds. The zero-order valence-corrected chi connectivity index (χ0v) is 11.1. The Bertz CT molecular complexity index is 425. The Labute approximate surface area is 105 Å². The predicted molar refractivity (Wildman–Crippen MR) is 67.6 cm³/mol. The van der Waals surface area contributed by atoms with Crippen LogP contribution in [-0.4, -0.2) is 35.5 Å². The number of aryl methyl sites for hydroxylation is 1. The Kier molecular flexibility index (Phi) is 4.69. The summed E-state index contributed by atoms with van der Waals surface area (Å²) >= 11 is 1.56. The van der Waals surface area contributed by atoms with Gasteiger partial charge >= 0.3 is 5.97 Å². The number of hydrogen-bond acceptors (Lipinski definition) is 3. The van der Waals surface area contributed by atoms with E-state index in [4.69, 9.17) is 5.11 Å². The average molecular weight is 255 g/mol. The molecule has 0 fully saturated rings. The van der Waals surface area contributed by atoms with E-state index in [9.17, 15) is 9.59 Å². The highest BCUT2D eigenvalue weighted by Crippen LogP contribution is 2.21. The molecule has 1 aromatic rings. The van der Waals surface area contributed by atoms with Crippen LogP contribution in [0.25, 0.3) is 0 Å². The third kappa shape index (κ3) is 3.56. The van der Waals surface area contributed by atoms with Crippen LogP contribution < -0.4 is 0 Å². The Morgan fingerprint density at radius 2 is 2.06 bits per heavy atom. The molecule has 94 valence electrons. The van der Waals surface area contributed by atoms with Crippen molar-refractivity contribution in [2.75, 3.05) is 13.6 Å². The number of hydrogen-bond donors (Lipinski definition) is 1. The molecule has 0 aliphatic carbocycles. The number of thiophene rings is 1. The first-order chi connectivity index (χ1) is 7.93. The lowest BCUT2D eigenvalue weighted by Crippen LogP contribution is -2.28. The first-order valence-corrected chi connectivity index (χ1v) is 6.33. The van der Waals surface area contributed by atoms with Gasteiger partial charge in [0.1, 0.15) is 0 Å². The number of carbonyl (C=O) groups is 2. The largest absolute Gasteiger partial charge is 0.481 e. The minimum Gasteiger partial charge on any atom is -0.481 e. The van der Waals surface area contributed by atoms with Crippen molar-refractivity contribution >= 4 is 23.2 Å². The minimum absolute atomic E-state index is 0.0303. The number of nitrogens with zero attached hydrogens (tertiary/aromatic N) is 1. The van der Waals surface area contributed by atoms with Crippen molar-refractivity contribution in [3.63, 3.8) is 0 Å². The maximum absolute atomic E-state index is 12.0. The van der Waals surface area contributed by atoms with E-state index in [2.05, 4.69) is 0 Å². The second-order valence-electron chi connectivity index (χ2n) is 4.05. The number of rotatable bonds is 5. The predicted octanol–water partition coefficient (Wildman–Crippen LogP) is 2.30. The summed E-state index contributed by atoms with van der Waals surface area (Å²) in [7, 11) is 1.70. The fraction of sp³-hybridized carbons (Fsp3) is 0.500. The highest BCUT2D eigenvalue weighted by Gasteiger charge is 2.16. The van der Waals surface area contributed by atoms with Crippen LogP contribution >= 0.6 is 11.3 Å². The van der Waals surface area contributed by atoms with E-state index < -0.39 is 5.97 Å². The van der Waals surface area contributed by atoms with E-state index >= 15 is 0 Å². The van der Waals surface area contributed by atoms with Gasteiger partial charge in [-0.15, -0.1) is 11.3 Å². The van der Waals surface area contributed by atoms with Gasteiger partial charge in [-0.2, -0.15) is 0 Å². The normalized spacial score (nSPS) is 10.3. The molecule has 17 heavy (non-hydrogen) atoms. The van der Waals surface area contributed by atoms with Crippen LogP contribution in [0.2, 0.25) is 0 Å². The molecule has 4 nitrogen and oxygen atoms in total. The molecule has 1 N–H and O–H groups in total. The van der Waals surface area contributed by atoms with Gasteiger partial charge in [-0.25, -0.2) is 0 Å². The van der Waals surface area contributed by atoms with Gasteiger partial charge in [0.25, 0.3) is 5.91 Å². The topological polar surface area (TPSA) is 57.6 Å². The van der Waals surface area contributed by atoms with Crippen LogP contribution in [0.1, 0.15) is 33.6 Å². The summed E-state index contributed by atoms with van der Waals surface area (Å²) in [4.78, 5) is 25.1. The van der Waals surface area contributed by atoms with Crippen molar-refractivity contribution in [3.8, 4) is 0 Å². The molecule has 5 heteroatoms. The minimum atomic E-state index is -0.826. The monoisotopic (exact) mass is 255 g/mol. The molecule has 1 heterocycles. The second-order valence-corrected chi connectivity index (χ2v) is 5.14. The van der Waals surface area contributed by atoms with Gasteiger partial charge in [0.05, 0.1) is 5.56 Å². The molecule has 0 bridgehead atoms. The molecule has 1 aromatic heterocycles. The van der Waals surface area contributed by atoms with Gasteiger partial charge in [-0.05, 0) is 25.8 Å². The fourth-order valence-electron chi connectivity index (χ4n) is 1.50. The molecule has 0 unspecified atom stereocenters. The summed E-state index contributed by atoms with van der Waals surface area (Å²) in [5, 5.41) is 10.4. The number of carboxylic acid groups (broad SMARTS) is 1. The molecular formula is C12H17NO3S. The number of aliphatic carboxylic acids is 1. The summed E-state index contributed by atoms with van der Waals surface area (Å²) in [6.45, 7) is 4.39. The fourth-order valence-corrected chi connectivity index (χ4v) is 2.36. The summed E-state index contributed by atoms with van der Waals surface area (Å²) in [6, 6.07) is 0. The highest BCUT2D eigenvalue weighted by atomic mass is 32.1. The standard InChI is InChI=1S/C12H17NO3S/c1-8-9(2)17-7-10(8)12(16)13(3)6-4-5-11(14)15/h7H,4-6H2,1-3H3,(H,14,15). The summed E-state index contributed by atoms with van der Waals surface area (Å²) < 4.78 is 0. The van der Waals surface area contributed by atoms with Gasteiger partial charge in [0.2, 0.25) is 0 Å². The number of carboxylic acids is 1. The third-order valence-corrected chi connectivity index (χ3v) is 3.76. The van der Waals surface area contributed by atoms with Crippen molar-refractivity contribution < 1.29 is 14.7 Å². The summed E-state index contributed by atoms with van der Waals surface area (Å²) in [5.41, 5.74) is 1.75. The summed E-state index contributed by atoms with van der Waals surface area (Å²) in [6.07, 6.45) is 0.582. The summed E-state index contributed by atoms with van der Waals surface area (Å²) in [5.74, 6) is -0.856. The molecule has 0 saturated heterocycles. The molecule has 0 spiro atoms. The average Bonchev–Trinajstić information content (AvgIpc) is 2.58. The maximum Gasteiger partial charge on any atom is 0.303 e. The van der Waals surface area contributed by atoms with E-state index in [-0.39, 0.29) is 12.3 Å². The van der Waals surface area contributed by atoms with E-state index in [1.165, 1.54) is 0 Å². The molecule has 1 rings (SSSR count). The quantitative estimate of drug-likeness (QED) is 0.878. The van der Waals surface area contributed by atoms with Gasteiger partial charge < -0.3 is 10.0 Å². The van der Waals surface area contributed by atoms with Crippen molar-refractivity contribution in [1.29, 1.82) is 0 Å². The Morgan fingerprint density at radius 1 is 1.41 bits per heavy atom. The van der Waals surface area contributed by atoms with Crippen molar-refractivity contribution in [2.24, 2.45) is 0 Å². The molecule has 0 aliphatic heterocycles. The zero-order valence-electron chi connectivity index (χ0n) is 10.3. The zero-order chi connectivity index (χ0) is 13.0. The van der Waals surface area contributed by atoms with Crippen LogP contribution in [0.15, 0.2) is 5.38 Å². The molecule has 0 saturated carbocycles. The van der Waals surface area contributed by atoms with E-state index in [1.54, 1.807) is 23.3 Å². The molecule has 0 atom stereocenters. The second kappa shape index (κ2) is 5.82. The van der Waals surface area contributed by atoms with E-state index in [1.807, 2.05) is 19.2 Å². The lowest BCUT2D eigenvalue weighted by molar-refractivity contribution is -0.137. The van der Waals surface area contributed by atoms with Crippen LogP contribution in [0.3, 0.4) is 0 Å². The lowest BCUT2D eigenvalue weighted by atomic mass is 10.1. The lowest BCUT2D eigenvalue weighted by Gasteiger charge is -2.16. The SMILES string of the molecule is Cc1scc(C(=O)N(C)CCCC(=O)O)c1C. The number of carbonyl (C=O) groups excluding carboxylic acids is 1. The first kappa shape index (κ1) is 13.7. The van der Waals surface area contributed by atoms with E-state index in [0.29, 0.717) is 13.0 Å². The molecular weight excluding hydrogens is 238 g/mol. The Morgan fingerprint density at radius 3 is 2.53 bits per heavy atom. The van der Waals surface area contributed by atoms with E-state index in [0.717, 1.165) is 16.0 Å². The number of amides is 1. The van der Waals surface area contributed by atoms with Crippen LogP contribution in [0.5, 0.6) is 0 Å². The molecule has 0 aromatic carbocycles. The molecule has 0 radical (unpaired) electrons. The van der Waals surface area contributed by atoms with Crippen LogP contribution in [0.4, 0.5) is 0 Å². The maximum atomic E-state index is 12.0. The van der Waals surface area contributed by atoms with Crippen molar-refractivity contribution in [2.45, 2.75) is 26.7 Å². The Hall–Kier alpha value is -1.36. The first-order valence-electron chi connectivity index (χ1n) is 5.45. The molecule has 0 aliphatic rings.